The first-order chi connectivity index (χ1) is 5.61. The molecule has 68 valence electrons. The fraction of sp³-hybridized carbons (Fsp3) is 0.667. The van der Waals surface area contributed by atoms with E-state index in [1.807, 2.05) is 0 Å². The molecule has 1 saturated heterocycles. The highest BCUT2D eigenvalue weighted by Crippen LogP contribution is 2.03. The van der Waals surface area contributed by atoms with Gasteiger partial charge in [-0.05, 0) is 6.42 Å². The molecule has 1 aliphatic rings. The van der Waals surface area contributed by atoms with Gasteiger partial charge in [0.05, 0.1) is 6.67 Å². The Morgan fingerprint density at radius 2 is 2.08 bits per heavy atom. The third-order valence-electron chi connectivity index (χ3n) is 1.78. The SMILES string of the molecule is O=C(O)C1CCN(C(=O)O)CN1. The Morgan fingerprint density at radius 1 is 1.42 bits per heavy atom. The number of hydrogen-bond acceptors (Lipinski definition) is 3. The smallest absolute Gasteiger partial charge is 0.408 e. The lowest BCUT2D eigenvalue weighted by molar-refractivity contribution is -0.140. The summed E-state index contributed by atoms with van der Waals surface area (Å²) in [6, 6.07) is -0.611. The van der Waals surface area contributed by atoms with E-state index in [0.29, 0.717) is 6.42 Å². The minimum atomic E-state index is -1.02. The number of amides is 1. The number of carboxylic acids is 1. The standard InChI is InChI=1S/C6H10N2O4/c9-5(10)4-1-2-8(3-7-4)6(11)12/h4,7H,1-3H2,(H,9,10)(H,11,12). The summed E-state index contributed by atoms with van der Waals surface area (Å²) in [7, 11) is 0. The molecule has 6 nitrogen and oxygen atoms in total. The van der Waals surface area contributed by atoms with Crippen molar-refractivity contribution in [3.8, 4) is 0 Å². The Bertz CT molecular complexity index is 176. The van der Waals surface area contributed by atoms with Crippen LogP contribution in [0.15, 0.2) is 0 Å². The number of hydrogen-bond donors (Lipinski definition) is 3. The fourth-order valence-corrected chi connectivity index (χ4v) is 1.06. The predicted octanol–water partition coefficient (Wildman–Crippen LogP) is -0.630. The van der Waals surface area contributed by atoms with Crippen LogP contribution in [0.25, 0.3) is 0 Å². The summed E-state index contributed by atoms with van der Waals surface area (Å²) < 4.78 is 0. The van der Waals surface area contributed by atoms with Gasteiger partial charge in [0.2, 0.25) is 0 Å². The van der Waals surface area contributed by atoms with Crippen LogP contribution < -0.4 is 5.32 Å². The molecule has 3 N–H and O–H groups in total. The summed E-state index contributed by atoms with van der Waals surface area (Å²) >= 11 is 0. The number of nitrogens with zero attached hydrogens (tertiary/aromatic N) is 1. The van der Waals surface area contributed by atoms with Gasteiger partial charge in [-0.3, -0.25) is 15.0 Å². The first-order valence-electron chi connectivity index (χ1n) is 3.55. The zero-order valence-electron chi connectivity index (χ0n) is 6.36. The number of rotatable bonds is 1. The second kappa shape index (κ2) is 3.40. The molecule has 1 atom stereocenters. The van der Waals surface area contributed by atoms with E-state index in [0.717, 1.165) is 4.90 Å². The van der Waals surface area contributed by atoms with Crippen molar-refractivity contribution in [2.24, 2.45) is 0 Å². The van der Waals surface area contributed by atoms with Crippen molar-refractivity contribution in [3.05, 3.63) is 0 Å². The maximum Gasteiger partial charge on any atom is 0.408 e. The zero-order valence-corrected chi connectivity index (χ0v) is 6.36. The molecule has 6 heteroatoms. The highest BCUT2D eigenvalue weighted by Gasteiger charge is 2.25. The minimum absolute atomic E-state index is 0.0896. The van der Waals surface area contributed by atoms with E-state index in [2.05, 4.69) is 5.32 Å². The van der Waals surface area contributed by atoms with Gasteiger partial charge in [-0.15, -0.1) is 0 Å². The van der Waals surface area contributed by atoms with E-state index in [-0.39, 0.29) is 13.2 Å². The third kappa shape index (κ3) is 1.85. The number of carbonyl (C=O) groups is 2. The van der Waals surface area contributed by atoms with Gasteiger partial charge in [0, 0.05) is 6.54 Å². The van der Waals surface area contributed by atoms with Crippen molar-refractivity contribution in [3.63, 3.8) is 0 Å². The van der Waals surface area contributed by atoms with E-state index in [1.54, 1.807) is 0 Å². The summed E-state index contributed by atoms with van der Waals surface area (Å²) in [5.41, 5.74) is 0. The van der Waals surface area contributed by atoms with E-state index < -0.39 is 18.1 Å². The molecular formula is C6H10N2O4. The number of nitrogens with one attached hydrogen (secondary N) is 1. The van der Waals surface area contributed by atoms with E-state index in [9.17, 15) is 9.59 Å². The monoisotopic (exact) mass is 174 g/mol. The average Bonchev–Trinajstić information content (AvgIpc) is 2.04. The van der Waals surface area contributed by atoms with Crippen LogP contribution in [-0.2, 0) is 4.79 Å². The lowest BCUT2D eigenvalue weighted by Gasteiger charge is -2.28. The number of carboxylic acid groups (broad SMARTS) is 2. The largest absolute Gasteiger partial charge is 0.480 e. The van der Waals surface area contributed by atoms with Gasteiger partial charge < -0.3 is 10.2 Å². The second-order valence-electron chi connectivity index (χ2n) is 2.59. The number of aliphatic carboxylic acids is 1. The van der Waals surface area contributed by atoms with Crippen molar-refractivity contribution < 1.29 is 19.8 Å². The van der Waals surface area contributed by atoms with Gasteiger partial charge in [0.1, 0.15) is 6.04 Å². The van der Waals surface area contributed by atoms with Crippen LogP contribution in [0.1, 0.15) is 6.42 Å². The normalized spacial score (nSPS) is 23.7. The van der Waals surface area contributed by atoms with E-state index in [4.69, 9.17) is 10.2 Å². The Balaban J connectivity index is 2.39. The third-order valence-corrected chi connectivity index (χ3v) is 1.78. The molecule has 1 amide bonds. The molecule has 12 heavy (non-hydrogen) atoms. The van der Waals surface area contributed by atoms with Crippen LogP contribution in [0.3, 0.4) is 0 Å². The van der Waals surface area contributed by atoms with E-state index >= 15 is 0 Å². The van der Waals surface area contributed by atoms with Crippen LogP contribution in [0.2, 0.25) is 0 Å². The van der Waals surface area contributed by atoms with Gasteiger partial charge in [0.25, 0.3) is 0 Å². The first-order valence-corrected chi connectivity index (χ1v) is 3.55. The van der Waals surface area contributed by atoms with Crippen molar-refractivity contribution in [2.45, 2.75) is 12.5 Å². The topological polar surface area (TPSA) is 89.9 Å². The maximum atomic E-state index is 10.4. The highest BCUT2D eigenvalue weighted by molar-refractivity contribution is 5.74. The predicted molar refractivity (Wildman–Crippen MR) is 38.8 cm³/mol. The maximum absolute atomic E-state index is 10.4. The summed E-state index contributed by atoms with van der Waals surface area (Å²) in [6.07, 6.45) is -0.701. The quantitative estimate of drug-likeness (QED) is 0.492. The lowest BCUT2D eigenvalue weighted by Crippen LogP contribution is -2.52. The van der Waals surface area contributed by atoms with Crippen LogP contribution in [0, 0.1) is 0 Å². The summed E-state index contributed by atoms with van der Waals surface area (Å²) in [5, 5.41) is 19.6. The molecule has 1 unspecified atom stereocenters. The molecule has 1 fully saturated rings. The average molecular weight is 174 g/mol. The van der Waals surface area contributed by atoms with Crippen molar-refractivity contribution in [2.75, 3.05) is 13.2 Å². The minimum Gasteiger partial charge on any atom is -0.480 e. The Morgan fingerprint density at radius 3 is 2.42 bits per heavy atom. The molecular weight excluding hydrogens is 164 g/mol. The first kappa shape index (κ1) is 8.79. The van der Waals surface area contributed by atoms with Crippen molar-refractivity contribution >= 4 is 12.1 Å². The Kier molecular flexibility index (Phi) is 2.49. The van der Waals surface area contributed by atoms with Gasteiger partial charge in [-0.25, -0.2) is 4.79 Å². The van der Waals surface area contributed by atoms with Crippen LogP contribution in [0.5, 0.6) is 0 Å². The second-order valence-corrected chi connectivity index (χ2v) is 2.59. The summed E-state index contributed by atoms with van der Waals surface area (Å²) in [4.78, 5) is 21.9. The van der Waals surface area contributed by atoms with Gasteiger partial charge in [-0.2, -0.15) is 0 Å². The molecule has 0 aliphatic carbocycles. The Hall–Kier alpha value is -1.30. The molecule has 0 bridgehead atoms. The molecule has 0 saturated carbocycles. The molecule has 0 radical (unpaired) electrons. The van der Waals surface area contributed by atoms with Crippen LogP contribution >= 0.6 is 0 Å². The molecule has 0 aromatic carbocycles. The van der Waals surface area contributed by atoms with Crippen molar-refractivity contribution in [1.82, 2.24) is 10.2 Å². The Labute approximate surface area is 68.8 Å². The summed E-state index contributed by atoms with van der Waals surface area (Å²) in [6.45, 7) is 0.367. The lowest BCUT2D eigenvalue weighted by atomic mass is 10.2. The highest BCUT2D eigenvalue weighted by atomic mass is 16.4. The van der Waals surface area contributed by atoms with Gasteiger partial charge in [0.15, 0.2) is 0 Å². The molecule has 1 rings (SSSR count). The van der Waals surface area contributed by atoms with Crippen LogP contribution in [-0.4, -0.2) is 46.4 Å². The summed E-state index contributed by atoms with van der Waals surface area (Å²) in [5.74, 6) is -0.931. The molecule has 0 spiro atoms. The fourth-order valence-electron chi connectivity index (χ4n) is 1.06. The molecule has 0 aromatic heterocycles. The molecule has 1 heterocycles. The van der Waals surface area contributed by atoms with E-state index in [1.165, 1.54) is 0 Å². The zero-order chi connectivity index (χ0) is 9.14. The van der Waals surface area contributed by atoms with Gasteiger partial charge >= 0.3 is 12.1 Å². The molecule has 1 aliphatic heterocycles. The van der Waals surface area contributed by atoms with Gasteiger partial charge in [-0.1, -0.05) is 0 Å². The van der Waals surface area contributed by atoms with Crippen molar-refractivity contribution in [1.29, 1.82) is 0 Å². The van der Waals surface area contributed by atoms with Crippen LogP contribution in [0.4, 0.5) is 4.79 Å². The molecule has 0 aromatic rings.